The first-order valence-corrected chi connectivity index (χ1v) is 9.54. The van der Waals surface area contributed by atoms with E-state index in [1.807, 2.05) is 11.9 Å². The zero-order valence-electron chi connectivity index (χ0n) is 16.0. The Labute approximate surface area is 151 Å². The number of carbonyl (C=O) groups excluding carboxylic acids is 1. The lowest BCUT2D eigenvalue weighted by Gasteiger charge is -2.35. The molecular formula is C20H32N4O. The van der Waals surface area contributed by atoms with E-state index < -0.39 is 0 Å². The Morgan fingerprint density at radius 3 is 2.56 bits per heavy atom. The molecule has 0 radical (unpaired) electrons. The van der Waals surface area contributed by atoms with Crippen molar-refractivity contribution < 1.29 is 4.79 Å². The molecule has 5 nitrogen and oxygen atoms in total. The molecule has 0 aliphatic carbocycles. The SMILES string of the molecule is CC1NNC(C)C1CCN(C)C(=O)C(C)N1CCc2ccccc2C1. The van der Waals surface area contributed by atoms with Gasteiger partial charge in [-0.2, -0.15) is 0 Å². The van der Waals surface area contributed by atoms with Crippen molar-refractivity contribution >= 4 is 5.91 Å². The zero-order valence-corrected chi connectivity index (χ0v) is 16.0. The summed E-state index contributed by atoms with van der Waals surface area (Å²) in [5, 5.41) is 0. The van der Waals surface area contributed by atoms with Crippen LogP contribution < -0.4 is 10.9 Å². The molecular weight excluding hydrogens is 312 g/mol. The molecule has 3 rings (SSSR count). The van der Waals surface area contributed by atoms with Crippen molar-refractivity contribution in [1.82, 2.24) is 20.7 Å². The van der Waals surface area contributed by atoms with E-state index in [1.54, 1.807) is 0 Å². The topological polar surface area (TPSA) is 47.6 Å². The maximum absolute atomic E-state index is 12.9. The normalized spacial score (nSPS) is 27.8. The van der Waals surface area contributed by atoms with E-state index in [4.69, 9.17) is 0 Å². The fourth-order valence-corrected chi connectivity index (χ4v) is 4.19. The van der Waals surface area contributed by atoms with Gasteiger partial charge in [-0.15, -0.1) is 0 Å². The number of hydrazine groups is 1. The number of benzene rings is 1. The number of rotatable bonds is 5. The van der Waals surface area contributed by atoms with Gasteiger partial charge in [0, 0.05) is 38.8 Å². The molecule has 2 N–H and O–H groups in total. The highest BCUT2D eigenvalue weighted by Crippen LogP contribution is 2.22. The largest absolute Gasteiger partial charge is 0.344 e. The molecule has 0 saturated carbocycles. The third kappa shape index (κ3) is 4.05. The lowest BCUT2D eigenvalue weighted by atomic mass is 9.93. The number of hydrogen-bond acceptors (Lipinski definition) is 4. The van der Waals surface area contributed by atoms with Gasteiger partial charge in [-0.1, -0.05) is 24.3 Å². The second-order valence-electron chi connectivity index (χ2n) is 7.74. The van der Waals surface area contributed by atoms with Crippen molar-refractivity contribution in [2.45, 2.75) is 58.3 Å². The van der Waals surface area contributed by atoms with Crippen molar-refractivity contribution in [3.8, 4) is 0 Å². The third-order valence-electron chi connectivity index (χ3n) is 6.06. The predicted molar refractivity (Wildman–Crippen MR) is 101 cm³/mol. The highest BCUT2D eigenvalue weighted by molar-refractivity contribution is 5.81. The molecule has 3 unspecified atom stereocenters. The monoisotopic (exact) mass is 344 g/mol. The van der Waals surface area contributed by atoms with Gasteiger partial charge in [0.1, 0.15) is 0 Å². The molecule has 1 aromatic carbocycles. The molecule has 0 aromatic heterocycles. The Kier molecular flexibility index (Phi) is 5.77. The highest BCUT2D eigenvalue weighted by Gasteiger charge is 2.31. The molecule has 1 amide bonds. The van der Waals surface area contributed by atoms with Crippen LogP contribution in [0, 0.1) is 5.92 Å². The van der Waals surface area contributed by atoms with Crippen molar-refractivity contribution in [3.05, 3.63) is 35.4 Å². The van der Waals surface area contributed by atoms with Gasteiger partial charge < -0.3 is 4.90 Å². The standard InChI is InChI=1S/C20H32N4O/c1-14-19(15(2)22-21-14)10-11-23(4)20(25)16(3)24-12-9-17-7-5-6-8-18(17)13-24/h5-8,14-16,19,21-22H,9-13H2,1-4H3. The first kappa shape index (κ1) is 18.4. The van der Waals surface area contributed by atoms with Crippen LogP contribution in [-0.2, 0) is 17.8 Å². The number of nitrogens with one attached hydrogen (secondary N) is 2. The molecule has 2 heterocycles. The van der Waals surface area contributed by atoms with Gasteiger partial charge in [0.2, 0.25) is 5.91 Å². The summed E-state index contributed by atoms with van der Waals surface area (Å²) in [6.07, 6.45) is 2.06. The van der Waals surface area contributed by atoms with E-state index in [1.165, 1.54) is 11.1 Å². The Morgan fingerprint density at radius 1 is 1.24 bits per heavy atom. The van der Waals surface area contributed by atoms with Crippen LogP contribution in [0.3, 0.4) is 0 Å². The Bertz CT molecular complexity index is 595. The lowest BCUT2D eigenvalue weighted by molar-refractivity contribution is -0.135. The number of nitrogens with zero attached hydrogens (tertiary/aromatic N) is 2. The number of hydrogen-bond donors (Lipinski definition) is 2. The van der Waals surface area contributed by atoms with Crippen molar-refractivity contribution in [1.29, 1.82) is 0 Å². The molecule has 1 fully saturated rings. The molecule has 1 saturated heterocycles. The van der Waals surface area contributed by atoms with Crippen LogP contribution in [0.5, 0.6) is 0 Å². The second-order valence-corrected chi connectivity index (χ2v) is 7.74. The highest BCUT2D eigenvalue weighted by atomic mass is 16.2. The second kappa shape index (κ2) is 7.85. The summed E-state index contributed by atoms with van der Waals surface area (Å²) in [5.41, 5.74) is 9.38. The number of amides is 1. The van der Waals surface area contributed by atoms with E-state index in [2.05, 4.69) is 60.8 Å². The van der Waals surface area contributed by atoms with Gasteiger partial charge in [-0.05, 0) is 50.7 Å². The van der Waals surface area contributed by atoms with Crippen LogP contribution >= 0.6 is 0 Å². The smallest absolute Gasteiger partial charge is 0.239 e. The van der Waals surface area contributed by atoms with Gasteiger partial charge in [-0.25, -0.2) is 0 Å². The fraction of sp³-hybridized carbons (Fsp3) is 0.650. The van der Waals surface area contributed by atoms with Crippen LogP contribution in [-0.4, -0.2) is 54.0 Å². The zero-order chi connectivity index (χ0) is 18.0. The molecule has 2 aliphatic rings. The van der Waals surface area contributed by atoms with Crippen molar-refractivity contribution in [3.63, 3.8) is 0 Å². The minimum atomic E-state index is -0.0620. The van der Waals surface area contributed by atoms with Crippen molar-refractivity contribution in [2.24, 2.45) is 5.92 Å². The van der Waals surface area contributed by atoms with E-state index >= 15 is 0 Å². The minimum absolute atomic E-state index is 0.0620. The summed E-state index contributed by atoms with van der Waals surface area (Å²) in [7, 11) is 1.95. The molecule has 2 aliphatic heterocycles. The molecule has 138 valence electrons. The molecule has 0 bridgehead atoms. The molecule has 3 atom stereocenters. The van der Waals surface area contributed by atoms with Gasteiger partial charge in [-0.3, -0.25) is 20.5 Å². The van der Waals surface area contributed by atoms with Gasteiger partial charge in [0.05, 0.1) is 6.04 Å². The maximum atomic E-state index is 12.9. The average Bonchev–Trinajstić information content (AvgIpc) is 2.96. The number of carbonyl (C=O) groups is 1. The molecule has 1 aromatic rings. The molecule has 0 spiro atoms. The lowest BCUT2D eigenvalue weighted by Crippen LogP contribution is -2.48. The van der Waals surface area contributed by atoms with E-state index in [0.29, 0.717) is 18.0 Å². The Hall–Kier alpha value is -1.43. The molecule has 5 heteroatoms. The fourth-order valence-electron chi connectivity index (χ4n) is 4.19. The Morgan fingerprint density at radius 2 is 1.88 bits per heavy atom. The quantitative estimate of drug-likeness (QED) is 0.855. The van der Waals surface area contributed by atoms with Crippen LogP contribution in [0.4, 0.5) is 0 Å². The van der Waals surface area contributed by atoms with Crippen LogP contribution in [0.2, 0.25) is 0 Å². The summed E-state index contributed by atoms with van der Waals surface area (Å²) in [6.45, 7) is 9.12. The minimum Gasteiger partial charge on any atom is -0.344 e. The maximum Gasteiger partial charge on any atom is 0.239 e. The summed E-state index contributed by atoms with van der Waals surface area (Å²) in [4.78, 5) is 17.1. The summed E-state index contributed by atoms with van der Waals surface area (Å²) in [5.74, 6) is 0.797. The third-order valence-corrected chi connectivity index (χ3v) is 6.06. The van der Waals surface area contributed by atoms with E-state index in [9.17, 15) is 4.79 Å². The number of likely N-dealkylation sites (N-methyl/N-ethyl adjacent to an activating group) is 1. The van der Waals surface area contributed by atoms with Gasteiger partial charge >= 0.3 is 0 Å². The van der Waals surface area contributed by atoms with E-state index in [-0.39, 0.29) is 11.9 Å². The first-order valence-electron chi connectivity index (χ1n) is 9.54. The van der Waals surface area contributed by atoms with E-state index in [0.717, 1.165) is 32.5 Å². The number of fused-ring (bicyclic) bond motifs is 1. The Balaban J connectivity index is 1.53. The van der Waals surface area contributed by atoms with Gasteiger partial charge in [0.15, 0.2) is 0 Å². The van der Waals surface area contributed by atoms with Crippen LogP contribution in [0.1, 0.15) is 38.3 Å². The van der Waals surface area contributed by atoms with Crippen LogP contribution in [0.25, 0.3) is 0 Å². The average molecular weight is 345 g/mol. The molecule has 25 heavy (non-hydrogen) atoms. The van der Waals surface area contributed by atoms with Crippen molar-refractivity contribution in [2.75, 3.05) is 20.1 Å². The first-order chi connectivity index (χ1) is 12.0. The van der Waals surface area contributed by atoms with Gasteiger partial charge in [0.25, 0.3) is 0 Å². The summed E-state index contributed by atoms with van der Waals surface area (Å²) >= 11 is 0. The summed E-state index contributed by atoms with van der Waals surface area (Å²) in [6, 6.07) is 9.43. The summed E-state index contributed by atoms with van der Waals surface area (Å²) < 4.78 is 0. The van der Waals surface area contributed by atoms with Crippen LogP contribution in [0.15, 0.2) is 24.3 Å². The predicted octanol–water partition coefficient (Wildman–Crippen LogP) is 1.78.